The van der Waals surface area contributed by atoms with Crippen molar-refractivity contribution in [2.45, 2.75) is 0 Å². The molecule has 0 aliphatic carbocycles. The molecule has 0 aliphatic heterocycles. The van der Waals surface area contributed by atoms with Gasteiger partial charge in [0.05, 0.1) is 6.07 Å². The van der Waals surface area contributed by atoms with Gasteiger partial charge in [0.15, 0.2) is 0 Å². The largest absolute Gasteiger partial charge is 0.193 e. The Bertz CT molecular complexity index is 396. The number of hydrogen-bond acceptors (Lipinski definition) is 1. The molecule has 0 amide bonds. The van der Waals surface area contributed by atoms with Crippen molar-refractivity contribution in [2.75, 3.05) is 0 Å². The van der Waals surface area contributed by atoms with E-state index in [1.165, 1.54) is 6.08 Å². The quantitative estimate of drug-likeness (QED) is 0.559. The van der Waals surface area contributed by atoms with Gasteiger partial charge in [-0.2, -0.15) is 5.26 Å². The summed E-state index contributed by atoms with van der Waals surface area (Å²) in [5.41, 5.74) is 2.03. The normalized spacial score (nSPS) is 10.5. The zero-order valence-electron chi connectivity index (χ0n) is 8.26. The zero-order valence-corrected chi connectivity index (χ0v) is 9.08. The van der Waals surface area contributed by atoms with Gasteiger partial charge in [-0.25, -0.2) is 0 Å². The van der Waals surface area contributed by atoms with Crippen LogP contribution in [0.5, 0.6) is 0 Å². The Labute approximate surface area is 96.5 Å². The Morgan fingerprint density at radius 3 is 2.47 bits per heavy atom. The number of nitriles is 1. The van der Waals surface area contributed by atoms with Gasteiger partial charge < -0.3 is 0 Å². The van der Waals surface area contributed by atoms with Crippen molar-refractivity contribution < 1.29 is 0 Å². The summed E-state index contributed by atoms with van der Waals surface area (Å²) in [5.74, 6) is 0. The number of allylic oxidation sites excluding steroid dienone is 4. The van der Waals surface area contributed by atoms with Crippen molar-refractivity contribution in [3.05, 3.63) is 66.3 Å². The molecule has 0 N–H and O–H groups in total. The van der Waals surface area contributed by atoms with E-state index in [1.807, 2.05) is 42.5 Å². The van der Waals surface area contributed by atoms with E-state index in [-0.39, 0.29) is 12.4 Å². The number of benzene rings is 1. The third-order valence-electron chi connectivity index (χ3n) is 1.72. The molecule has 0 atom stereocenters. The van der Waals surface area contributed by atoms with Gasteiger partial charge in [0.2, 0.25) is 0 Å². The Morgan fingerprint density at radius 1 is 1.27 bits per heavy atom. The fourth-order valence-electron chi connectivity index (χ4n) is 1.05. The van der Waals surface area contributed by atoms with Crippen molar-refractivity contribution in [2.24, 2.45) is 0 Å². The predicted octanol–water partition coefficient (Wildman–Crippen LogP) is 3.76. The van der Waals surface area contributed by atoms with Gasteiger partial charge >= 0.3 is 0 Å². The minimum Gasteiger partial charge on any atom is -0.193 e. The van der Waals surface area contributed by atoms with Crippen molar-refractivity contribution in [1.29, 1.82) is 5.26 Å². The van der Waals surface area contributed by atoms with Crippen LogP contribution in [0.15, 0.2) is 60.7 Å². The molecule has 0 radical (unpaired) electrons. The molecule has 15 heavy (non-hydrogen) atoms. The maximum Gasteiger partial charge on any atom is 0.0912 e. The number of nitrogens with zero attached hydrogens (tertiary/aromatic N) is 1. The molecule has 0 aromatic heterocycles. The van der Waals surface area contributed by atoms with Crippen LogP contribution in [-0.4, -0.2) is 0 Å². The number of hydrogen-bond donors (Lipinski definition) is 0. The van der Waals surface area contributed by atoms with Gasteiger partial charge in [-0.15, -0.1) is 12.4 Å². The standard InChI is InChI=1S/C13H11N.ClH/c1-2-12(9-6-10-14)11-13-7-4-3-5-8-13;/h2-9,11H,1H2;1H. The van der Waals surface area contributed by atoms with Crippen LogP contribution in [0.1, 0.15) is 5.56 Å². The molecular weight excluding hydrogens is 206 g/mol. The average molecular weight is 218 g/mol. The van der Waals surface area contributed by atoms with E-state index < -0.39 is 0 Å². The third-order valence-corrected chi connectivity index (χ3v) is 1.72. The van der Waals surface area contributed by atoms with E-state index in [1.54, 1.807) is 12.2 Å². The van der Waals surface area contributed by atoms with E-state index in [4.69, 9.17) is 5.26 Å². The highest BCUT2D eigenvalue weighted by Crippen LogP contribution is 2.08. The molecular formula is C13H12ClN. The minimum absolute atomic E-state index is 0. The third kappa shape index (κ3) is 4.85. The van der Waals surface area contributed by atoms with Gasteiger partial charge in [0.1, 0.15) is 0 Å². The maximum atomic E-state index is 8.38. The molecule has 0 heterocycles. The van der Waals surface area contributed by atoms with Crippen molar-refractivity contribution in [1.82, 2.24) is 0 Å². The summed E-state index contributed by atoms with van der Waals surface area (Å²) < 4.78 is 0. The topological polar surface area (TPSA) is 23.8 Å². The smallest absolute Gasteiger partial charge is 0.0912 e. The summed E-state index contributed by atoms with van der Waals surface area (Å²) in [4.78, 5) is 0. The summed E-state index contributed by atoms with van der Waals surface area (Å²) in [7, 11) is 0. The van der Waals surface area contributed by atoms with Crippen LogP contribution < -0.4 is 0 Å². The summed E-state index contributed by atoms with van der Waals surface area (Å²) in [6.07, 6.45) is 6.87. The monoisotopic (exact) mass is 217 g/mol. The Morgan fingerprint density at radius 2 is 1.93 bits per heavy atom. The summed E-state index contributed by atoms with van der Waals surface area (Å²) in [6.45, 7) is 3.68. The van der Waals surface area contributed by atoms with Crippen LogP contribution in [-0.2, 0) is 0 Å². The second-order valence-electron chi connectivity index (χ2n) is 2.72. The molecule has 76 valence electrons. The lowest BCUT2D eigenvalue weighted by Gasteiger charge is -1.94. The predicted molar refractivity (Wildman–Crippen MR) is 66.6 cm³/mol. The van der Waals surface area contributed by atoms with Crippen LogP contribution in [0.3, 0.4) is 0 Å². The summed E-state index contributed by atoms with van der Waals surface area (Å²) in [5, 5.41) is 8.38. The first-order valence-electron chi connectivity index (χ1n) is 4.32. The molecule has 0 saturated heterocycles. The fraction of sp³-hybridized carbons (Fsp3) is 0. The highest BCUT2D eigenvalue weighted by molar-refractivity contribution is 5.85. The number of halogens is 1. The molecule has 0 bridgehead atoms. The second-order valence-corrected chi connectivity index (χ2v) is 2.72. The molecule has 1 rings (SSSR count). The van der Waals surface area contributed by atoms with Gasteiger partial charge in [-0.3, -0.25) is 0 Å². The highest BCUT2D eigenvalue weighted by atomic mass is 35.5. The van der Waals surface area contributed by atoms with Crippen molar-refractivity contribution >= 4 is 18.5 Å². The molecule has 0 fully saturated rings. The van der Waals surface area contributed by atoms with Gasteiger partial charge in [-0.05, 0) is 23.3 Å². The lowest BCUT2D eigenvalue weighted by atomic mass is 10.1. The first-order chi connectivity index (χ1) is 6.86. The molecule has 2 heteroatoms. The van der Waals surface area contributed by atoms with E-state index in [0.29, 0.717) is 0 Å². The number of rotatable bonds is 3. The maximum absolute atomic E-state index is 8.38. The summed E-state index contributed by atoms with van der Waals surface area (Å²) >= 11 is 0. The SMILES string of the molecule is C=CC(C=CC#N)=Cc1ccccc1.Cl. The van der Waals surface area contributed by atoms with E-state index in [2.05, 4.69) is 6.58 Å². The minimum atomic E-state index is 0. The Hall–Kier alpha value is -1.78. The van der Waals surface area contributed by atoms with E-state index in [0.717, 1.165) is 11.1 Å². The lowest BCUT2D eigenvalue weighted by molar-refractivity contribution is 1.53. The molecule has 1 aromatic rings. The molecule has 0 saturated carbocycles. The van der Waals surface area contributed by atoms with Crippen LogP contribution in [0.2, 0.25) is 0 Å². The lowest BCUT2D eigenvalue weighted by Crippen LogP contribution is -1.73. The van der Waals surface area contributed by atoms with Crippen molar-refractivity contribution in [3.8, 4) is 6.07 Å². The van der Waals surface area contributed by atoms with E-state index >= 15 is 0 Å². The second kappa shape index (κ2) is 7.61. The summed E-state index contributed by atoms with van der Waals surface area (Å²) in [6, 6.07) is 11.9. The van der Waals surface area contributed by atoms with Crippen LogP contribution in [0, 0.1) is 11.3 Å². The first kappa shape index (κ1) is 13.2. The molecule has 0 aliphatic rings. The fourth-order valence-corrected chi connectivity index (χ4v) is 1.05. The Balaban J connectivity index is 0.00000196. The molecule has 0 spiro atoms. The highest BCUT2D eigenvalue weighted by Gasteiger charge is 1.87. The van der Waals surface area contributed by atoms with Crippen LogP contribution in [0.25, 0.3) is 6.08 Å². The van der Waals surface area contributed by atoms with Gasteiger partial charge in [-0.1, -0.05) is 43.0 Å². The molecule has 0 unspecified atom stereocenters. The Kier molecular flexibility index (Phi) is 6.70. The first-order valence-corrected chi connectivity index (χ1v) is 4.32. The van der Waals surface area contributed by atoms with Crippen molar-refractivity contribution in [3.63, 3.8) is 0 Å². The molecule has 1 aromatic carbocycles. The van der Waals surface area contributed by atoms with E-state index in [9.17, 15) is 0 Å². The average Bonchev–Trinajstić information content (AvgIpc) is 2.25. The van der Waals surface area contributed by atoms with Gasteiger partial charge in [0.25, 0.3) is 0 Å². The van der Waals surface area contributed by atoms with Crippen LogP contribution >= 0.6 is 12.4 Å². The van der Waals surface area contributed by atoms with Crippen LogP contribution in [0.4, 0.5) is 0 Å². The van der Waals surface area contributed by atoms with Gasteiger partial charge in [0, 0.05) is 6.08 Å². The molecule has 1 nitrogen and oxygen atoms in total. The zero-order chi connectivity index (χ0) is 10.2.